The molecule has 2 fully saturated rings. The fourth-order valence-electron chi connectivity index (χ4n) is 2.76. The first-order valence-corrected chi connectivity index (χ1v) is 6.44. The molecule has 0 aromatic rings. The van der Waals surface area contributed by atoms with Gasteiger partial charge in [0.2, 0.25) is 5.91 Å². The van der Waals surface area contributed by atoms with Crippen molar-refractivity contribution in [3.05, 3.63) is 0 Å². The lowest BCUT2D eigenvalue weighted by atomic mass is 10.2. The molecule has 4 heteroatoms. The number of aliphatic hydroxyl groups excluding tert-OH is 1. The van der Waals surface area contributed by atoms with Crippen LogP contribution in [0.3, 0.4) is 0 Å². The molecule has 0 aromatic carbocycles. The Hall–Kier alpha value is -0.610. The van der Waals surface area contributed by atoms with E-state index in [1.165, 1.54) is 25.9 Å². The van der Waals surface area contributed by atoms with Crippen LogP contribution in [0.25, 0.3) is 0 Å². The lowest BCUT2D eigenvalue weighted by Gasteiger charge is -2.23. The number of aliphatic hydroxyl groups is 1. The Morgan fingerprint density at radius 2 is 2.00 bits per heavy atom. The normalized spacial score (nSPS) is 26.6. The Balaban J connectivity index is 1.76. The summed E-state index contributed by atoms with van der Waals surface area (Å²) in [5.41, 5.74) is 0. The SMILES string of the molecule is O=C(CCCO)N1CCC(N2CCCC2)C1. The summed E-state index contributed by atoms with van der Waals surface area (Å²) < 4.78 is 0. The van der Waals surface area contributed by atoms with Crippen LogP contribution < -0.4 is 0 Å². The third-order valence-corrected chi connectivity index (χ3v) is 3.72. The minimum Gasteiger partial charge on any atom is -0.396 e. The van der Waals surface area contributed by atoms with Crippen molar-refractivity contribution in [2.75, 3.05) is 32.8 Å². The summed E-state index contributed by atoms with van der Waals surface area (Å²) >= 11 is 0. The number of rotatable bonds is 4. The van der Waals surface area contributed by atoms with Crippen molar-refractivity contribution in [1.82, 2.24) is 9.80 Å². The summed E-state index contributed by atoms with van der Waals surface area (Å²) in [7, 11) is 0. The van der Waals surface area contributed by atoms with Gasteiger partial charge in [0.1, 0.15) is 0 Å². The number of hydrogen-bond acceptors (Lipinski definition) is 3. The molecule has 2 rings (SSSR count). The Labute approximate surface area is 97.2 Å². The van der Waals surface area contributed by atoms with E-state index < -0.39 is 0 Å². The van der Waals surface area contributed by atoms with Gasteiger partial charge in [-0.05, 0) is 38.8 Å². The third-order valence-electron chi connectivity index (χ3n) is 3.72. The van der Waals surface area contributed by atoms with E-state index in [9.17, 15) is 4.79 Å². The molecule has 0 saturated carbocycles. The van der Waals surface area contributed by atoms with Gasteiger partial charge in [-0.15, -0.1) is 0 Å². The molecule has 2 aliphatic rings. The van der Waals surface area contributed by atoms with Gasteiger partial charge in [-0.25, -0.2) is 0 Å². The molecule has 0 aliphatic carbocycles. The van der Waals surface area contributed by atoms with Gasteiger partial charge in [0.15, 0.2) is 0 Å². The molecule has 0 radical (unpaired) electrons. The number of hydrogen-bond donors (Lipinski definition) is 1. The summed E-state index contributed by atoms with van der Waals surface area (Å²) in [6, 6.07) is 0.598. The van der Waals surface area contributed by atoms with Gasteiger partial charge >= 0.3 is 0 Å². The van der Waals surface area contributed by atoms with E-state index in [1.807, 2.05) is 4.90 Å². The van der Waals surface area contributed by atoms with Crippen LogP contribution >= 0.6 is 0 Å². The molecule has 0 bridgehead atoms. The topological polar surface area (TPSA) is 43.8 Å². The fourth-order valence-corrected chi connectivity index (χ4v) is 2.76. The van der Waals surface area contributed by atoms with E-state index >= 15 is 0 Å². The number of likely N-dealkylation sites (tertiary alicyclic amines) is 2. The molecule has 92 valence electrons. The maximum atomic E-state index is 11.8. The summed E-state index contributed by atoms with van der Waals surface area (Å²) in [4.78, 5) is 16.3. The monoisotopic (exact) mass is 226 g/mol. The second-order valence-electron chi connectivity index (χ2n) is 4.85. The molecule has 4 nitrogen and oxygen atoms in total. The first-order chi connectivity index (χ1) is 7.81. The summed E-state index contributed by atoms with van der Waals surface area (Å²) in [6.45, 7) is 4.36. The van der Waals surface area contributed by atoms with Crippen LogP contribution in [0.5, 0.6) is 0 Å². The molecule has 1 unspecified atom stereocenters. The van der Waals surface area contributed by atoms with Gasteiger partial charge in [-0.3, -0.25) is 9.69 Å². The quantitative estimate of drug-likeness (QED) is 0.757. The second-order valence-corrected chi connectivity index (χ2v) is 4.85. The molecule has 1 amide bonds. The predicted octanol–water partition coefficient (Wildman–Crippen LogP) is 0.456. The molecule has 1 N–H and O–H groups in total. The van der Waals surface area contributed by atoms with Crippen molar-refractivity contribution < 1.29 is 9.90 Å². The summed E-state index contributed by atoms with van der Waals surface area (Å²) in [6.07, 6.45) is 4.86. The fraction of sp³-hybridized carbons (Fsp3) is 0.917. The highest BCUT2D eigenvalue weighted by Crippen LogP contribution is 2.20. The Kier molecular flexibility index (Phi) is 4.18. The average Bonchev–Trinajstić information content (AvgIpc) is 2.94. The van der Waals surface area contributed by atoms with Gasteiger partial charge in [0, 0.05) is 32.2 Å². The van der Waals surface area contributed by atoms with Crippen molar-refractivity contribution in [1.29, 1.82) is 0 Å². The highest BCUT2D eigenvalue weighted by atomic mass is 16.3. The summed E-state index contributed by atoms with van der Waals surface area (Å²) in [5, 5.41) is 8.70. The standard InChI is InChI=1S/C12H22N2O2/c15-9-3-4-12(16)14-8-5-11(10-14)13-6-1-2-7-13/h11,15H,1-10H2. The van der Waals surface area contributed by atoms with Crippen LogP contribution in [0.15, 0.2) is 0 Å². The van der Waals surface area contributed by atoms with Crippen molar-refractivity contribution in [3.63, 3.8) is 0 Å². The van der Waals surface area contributed by atoms with Crippen molar-refractivity contribution in [3.8, 4) is 0 Å². The van der Waals surface area contributed by atoms with Gasteiger partial charge in [-0.1, -0.05) is 0 Å². The largest absolute Gasteiger partial charge is 0.396 e. The Morgan fingerprint density at radius 1 is 1.25 bits per heavy atom. The number of amides is 1. The minimum atomic E-state index is 0.120. The molecule has 0 aromatic heterocycles. The Morgan fingerprint density at radius 3 is 2.69 bits per heavy atom. The zero-order valence-electron chi connectivity index (χ0n) is 9.90. The molecule has 2 heterocycles. The maximum Gasteiger partial charge on any atom is 0.222 e. The smallest absolute Gasteiger partial charge is 0.222 e. The first-order valence-electron chi connectivity index (χ1n) is 6.44. The second kappa shape index (κ2) is 5.64. The minimum absolute atomic E-state index is 0.120. The van der Waals surface area contributed by atoms with E-state index in [0.717, 1.165) is 19.5 Å². The maximum absolute atomic E-state index is 11.8. The van der Waals surface area contributed by atoms with Crippen LogP contribution in [-0.2, 0) is 4.79 Å². The van der Waals surface area contributed by atoms with Crippen LogP contribution in [0, 0.1) is 0 Å². The zero-order chi connectivity index (χ0) is 11.4. The van der Waals surface area contributed by atoms with Crippen LogP contribution in [-0.4, -0.2) is 59.6 Å². The van der Waals surface area contributed by atoms with E-state index in [4.69, 9.17) is 5.11 Å². The van der Waals surface area contributed by atoms with Crippen LogP contribution in [0.1, 0.15) is 32.1 Å². The van der Waals surface area contributed by atoms with Crippen molar-refractivity contribution in [2.45, 2.75) is 38.1 Å². The highest BCUT2D eigenvalue weighted by Gasteiger charge is 2.30. The molecule has 1 atom stereocenters. The van der Waals surface area contributed by atoms with Crippen LogP contribution in [0.2, 0.25) is 0 Å². The molecule has 16 heavy (non-hydrogen) atoms. The van der Waals surface area contributed by atoms with Crippen molar-refractivity contribution in [2.24, 2.45) is 0 Å². The third kappa shape index (κ3) is 2.74. The van der Waals surface area contributed by atoms with Gasteiger partial charge in [-0.2, -0.15) is 0 Å². The zero-order valence-corrected chi connectivity index (χ0v) is 9.90. The summed E-state index contributed by atoms with van der Waals surface area (Å²) in [5.74, 6) is 0.218. The molecule has 0 spiro atoms. The van der Waals surface area contributed by atoms with Gasteiger partial charge in [0.25, 0.3) is 0 Å². The lowest BCUT2D eigenvalue weighted by Crippen LogP contribution is -2.37. The van der Waals surface area contributed by atoms with E-state index in [0.29, 0.717) is 18.9 Å². The van der Waals surface area contributed by atoms with Crippen LogP contribution in [0.4, 0.5) is 0 Å². The molecular weight excluding hydrogens is 204 g/mol. The van der Waals surface area contributed by atoms with E-state index in [2.05, 4.69) is 4.90 Å². The van der Waals surface area contributed by atoms with Gasteiger partial charge in [0.05, 0.1) is 0 Å². The molecule has 2 aliphatic heterocycles. The highest BCUT2D eigenvalue weighted by molar-refractivity contribution is 5.76. The van der Waals surface area contributed by atoms with Gasteiger partial charge < -0.3 is 10.0 Å². The predicted molar refractivity (Wildman–Crippen MR) is 62.1 cm³/mol. The molecule has 2 saturated heterocycles. The first kappa shape index (κ1) is 11.9. The van der Waals surface area contributed by atoms with Crippen molar-refractivity contribution >= 4 is 5.91 Å². The molecular formula is C12H22N2O2. The van der Waals surface area contributed by atoms with E-state index in [-0.39, 0.29) is 12.5 Å². The van der Waals surface area contributed by atoms with E-state index in [1.54, 1.807) is 0 Å². The number of carbonyl (C=O) groups excluding carboxylic acids is 1. The number of nitrogens with zero attached hydrogens (tertiary/aromatic N) is 2. The lowest BCUT2D eigenvalue weighted by molar-refractivity contribution is -0.130. The Bertz CT molecular complexity index is 239. The average molecular weight is 226 g/mol. The number of carbonyl (C=O) groups is 1.